The molecule has 0 radical (unpaired) electrons. The van der Waals surface area contributed by atoms with Gasteiger partial charge in [0.25, 0.3) is 0 Å². The van der Waals surface area contributed by atoms with Crippen LogP contribution in [-0.4, -0.2) is 68.3 Å². The SMILES string of the molecule is COCCCC(N)CN1CCC2CCC(C1)N2C. The van der Waals surface area contributed by atoms with E-state index in [9.17, 15) is 0 Å². The van der Waals surface area contributed by atoms with Crippen LogP contribution in [0.5, 0.6) is 0 Å². The van der Waals surface area contributed by atoms with E-state index in [0.29, 0.717) is 6.04 Å². The maximum atomic E-state index is 6.22. The van der Waals surface area contributed by atoms with Crippen molar-refractivity contribution in [1.82, 2.24) is 9.80 Å². The minimum absolute atomic E-state index is 0.307. The van der Waals surface area contributed by atoms with Crippen molar-refractivity contribution < 1.29 is 4.74 Å². The summed E-state index contributed by atoms with van der Waals surface area (Å²) in [5, 5.41) is 0. The number of likely N-dealkylation sites (tertiary alicyclic amines) is 1. The lowest BCUT2D eigenvalue weighted by Crippen LogP contribution is -2.42. The van der Waals surface area contributed by atoms with E-state index in [0.717, 1.165) is 38.1 Å². The molecule has 2 heterocycles. The number of nitrogens with two attached hydrogens (primary N) is 1. The topological polar surface area (TPSA) is 41.7 Å². The number of hydrogen-bond acceptors (Lipinski definition) is 4. The Hall–Kier alpha value is -0.160. The van der Waals surface area contributed by atoms with Gasteiger partial charge in [0, 0.05) is 44.9 Å². The molecule has 2 aliphatic rings. The molecule has 0 saturated carbocycles. The first-order chi connectivity index (χ1) is 8.70. The van der Waals surface area contributed by atoms with E-state index in [4.69, 9.17) is 10.5 Å². The molecule has 0 spiro atoms. The Morgan fingerprint density at radius 1 is 1.28 bits per heavy atom. The lowest BCUT2D eigenvalue weighted by atomic mass is 10.1. The van der Waals surface area contributed by atoms with E-state index in [2.05, 4.69) is 16.8 Å². The molecule has 3 atom stereocenters. The van der Waals surface area contributed by atoms with Gasteiger partial charge in [-0.1, -0.05) is 0 Å². The van der Waals surface area contributed by atoms with E-state index in [1.54, 1.807) is 7.11 Å². The molecular weight excluding hydrogens is 226 g/mol. The predicted molar refractivity (Wildman–Crippen MR) is 74.7 cm³/mol. The number of nitrogens with zero attached hydrogens (tertiary/aromatic N) is 2. The molecule has 0 aromatic heterocycles. The van der Waals surface area contributed by atoms with Crippen LogP contribution in [0.25, 0.3) is 0 Å². The fourth-order valence-corrected chi connectivity index (χ4v) is 3.46. The van der Waals surface area contributed by atoms with Gasteiger partial charge in [-0.2, -0.15) is 0 Å². The van der Waals surface area contributed by atoms with Crippen molar-refractivity contribution in [3.05, 3.63) is 0 Å². The van der Waals surface area contributed by atoms with Crippen molar-refractivity contribution in [1.29, 1.82) is 0 Å². The number of rotatable bonds is 6. The van der Waals surface area contributed by atoms with Crippen molar-refractivity contribution >= 4 is 0 Å². The average molecular weight is 255 g/mol. The Kier molecular flexibility index (Phi) is 5.42. The first-order valence-corrected chi connectivity index (χ1v) is 7.39. The molecule has 2 rings (SSSR count). The molecule has 2 fully saturated rings. The molecule has 106 valence electrons. The zero-order valence-electron chi connectivity index (χ0n) is 12.0. The first-order valence-electron chi connectivity index (χ1n) is 7.39. The summed E-state index contributed by atoms with van der Waals surface area (Å²) < 4.78 is 5.08. The van der Waals surface area contributed by atoms with Crippen LogP contribution in [0.4, 0.5) is 0 Å². The fourth-order valence-electron chi connectivity index (χ4n) is 3.46. The van der Waals surface area contributed by atoms with Gasteiger partial charge in [0.05, 0.1) is 0 Å². The van der Waals surface area contributed by atoms with Crippen LogP contribution in [-0.2, 0) is 4.74 Å². The van der Waals surface area contributed by atoms with E-state index in [1.807, 2.05) is 0 Å². The molecule has 4 nitrogen and oxygen atoms in total. The molecule has 2 aliphatic heterocycles. The van der Waals surface area contributed by atoms with Crippen LogP contribution < -0.4 is 5.73 Å². The summed E-state index contributed by atoms with van der Waals surface area (Å²) in [5.74, 6) is 0. The third-order valence-electron chi connectivity index (χ3n) is 4.65. The van der Waals surface area contributed by atoms with Crippen LogP contribution in [0, 0.1) is 0 Å². The Morgan fingerprint density at radius 2 is 2.06 bits per heavy atom. The van der Waals surface area contributed by atoms with E-state index in [1.165, 1.54) is 32.4 Å². The molecule has 18 heavy (non-hydrogen) atoms. The van der Waals surface area contributed by atoms with Crippen LogP contribution >= 0.6 is 0 Å². The average Bonchev–Trinajstić information content (AvgIpc) is 2.58. The number of hydrogen-bond donors (Lipinski definition) is 1. The van der Waals surface area contributed by atoms with Gasteiger partial charge >= 0.3 is 0 Å². The minimum atomic E-state index is 0.307. The Morgan fingerprint density at radius 3 is 2.83 bits per heavy atom. The van der Waals surface area contributed by atoms with Gasteiger partial charge in [-0.25, -0.2) is 0 Å². The second-order valence-corrected chi connectivity index (χ2v) is 5.99. The Balaban J connectivity index is 1.73. The standard InChI is InChI=1S/C14H29N3O/c1-16-13-5-6-14(16)11-17(8-7-13)10-12(15)4-3-9-18-2/h12-14H,3-11,15H2,1-2H3. The summed E-state index contributed by atoms with van der Waals surface area (Å²) in [6.07, 6.45) is 6.25. The number of likely N-dealkylation sites (N-methyl/N-ethyl adjacent to an activating group) is 1. The molecule has 0 amide bonds. The van der Waals surface area contributed by atoms with Crippen LogP contribution in [0.2, 0.25) is 0 Å². The minimum Gasteiger partial charge on any atom is -0.385 e. The maximum Gasteiger partial charge on any atom is 0.0462 e. The van der Waals surface area contributed by atoms with E-state index < -0.39 is 0 Å². The number of fused-ring (bicyclic) bond motifs is 2. The van der Waals surface area contributed by atoms with E-state index >= 15 is 0 Å². The number of methoxy groups -OCH3 is 1. The second-order valence-electron chi connectivity index (χ2n) is 5.99. The van der Waals surface area contributed by atoms with Crippen molar-refractivity contribution in [2.75, 3.05) is 40.4 Å². The van der Waals surface area contributed by atoms with Gasteiger partial charge in [0.1, 0.15) is 0 Å². The highest BCUT2D eigenvalue weighted by molar-refractivity contribution is 4.91. The Bertz CT molecular complexity index is 249. The quantitative estimate of drug-likeness (QED) is 0.716. The molecule has 0 aromatic rings. The molecule has 0 aliphatic carbocycles. The van der Waals surface area contributed by atoms with Gasteiger partial charge < -0.3 is 15.4 Å². The van der Waals surface area contributed by atoms with Crippen molar-refractivity contribution in [2.24, 2.45) is 5.73 Å². The van der Waals surface area contributed by atoms with Crippen LogP contribution in [0.15, 0.2) is 0 Å². The van der Waals surface area contributed by atoms with Crippen molar-refractivity contribution in [3.63, 3.8) is 0 Å². The molecule has 0 aromatic carbocycles. The normalized spacial score (nSPS) is 31.5. The van der Waals surface area contributed by atoms with Gasteiger partial charge in [-0.15, -0.1) is 0 Å². The van der Waals surface area contributed by atoms with Gasteiger partial charge in [-0.05, 0) is 45.7 Å². The molecule has 4 heteroatoms. The summed E-state index contributed by atoms with van der Waals surface area (Å²) in [6, 6.07) is 1.90. The van der Waals surface area contributed by atoms with Crippen molar-refractivity contribution in [2.45, 2.75) is 50.2 Å². The smallest absolute Gasteiger partial charge is 0.0462 e. The molecule has 2 saturated heterocycles. The summed E-state index contributed by atoms with van der Waals surface area (Å²) in [5.41, 5.74) is 6.22. The zero-order chi connectivity index (χ0) is 13.0. The van der Waals surface area contributed by atoms with Crippen LogP contribution in [0.1, 0.15) is 32.1 Å². The third-order valence-corrected chi connectivity index (χ3v) is 4.65. The second kappa shape index (κ2) is 6.85. The van der Waals surface area contributed by atoms with E-state index in [-0.39, 0.29) is 0 Å². The lowest BCUT2D eigenvalue weighted by Gasteiger charge is -2.27. The molecule has 3 unspecified atom stereocenters. The maximum absolute atomic E-state index is 6.22. The summed E-state index contributed by atoms with van der Waals surface area (Å²) in [6.45, 7) is 4.33. The highest BCUT2D eigenvalue weighted by Crippen LogP contribution is 2.28. The van der Waals surface area contributed by atoms with Gasteiger partial charge in [0.15, 0.2) is 0 Å². The molecular formula is C14H29N3O. The van der Waals surface area contributed by atoms with Crippen LogP contribution in [0.3, 0.4) is 0 Å². The first kappa shape index (κ1) is 14.3. The lowest BCUT2D eigenvalue weighted by molar-refractivity contribution is 0.181. The zero-order valence-corrected chi connectivity index (χ0v) is 12.0. The highest BCUT2D eigenvalue weighted by atomic mass is 16.5. The summed E-state index contributed by atoms with van der Waals surface area (Å²) in [4.78, 5) is 5.17. The van der Waals surface area contributed by atoms with Gasteiger partial charge in [0.2, 0.25) is 0 Å². The largest absolute Gasteiger partial charge is 0.385 e. The van der Waals surface area contributed by atoms with Crippen molar-refractivity contribution in [3.8, 4) is 0 Å². The number of ether oxygens (including phenoxy) is 1. The fraction of sp³-hybridized carbons (Fsp3) is 1.00. The summed E-state index contributed by atoms with van der Waals surface area (Å²) in [7, 11) is 4.05. The Labute approximate surface area is 111 Å². The summed E-state index contributed by atoms with van der Waals surface area (Å²) >= 11 is 0. The molecule has 2 N–H and O–H groups in total. The monoisotopic (exact) mass is 255 g/mol. The predicted octanol–water partition coefficient (Wildman–Crippen LogP) is 0.909. The molecule has 2 bridgehead atoms. The van der Waals surface area contributed by atoms with Gasteiger partial charge in [-0.3, -0.25) is 4.90 Å². The highest BCUT2D eigenvalue weighted by Gasteiger charge is 2.34. The third kappa shape index (κ3) is 3.67.